The molecular formula is C20H16F3N3O3. The zero-order valence-electron chi connectivity index (χ0n) is 15.3. The molecule has 1 heterocycles. The molecule has 29 heavy (non-hydrogen) atoms. The van der Waals surface area contributed by atoms with Gasteiger partial charge in [-0.25, -0.2) is 18.0 Å². The predicted octanol–water partition coefficient (Wildman–Crippen LogP) is 3.78. The molecule has 1 N–H and O–H groups in total. The fourth-order valence-corrected chi connectivity index (χ4v) is 2.61. The van der Waals surface area contributed by atoms with Crippen molar-refractivity contribution in [2.75, 3.05) is 11.9 Å². The molecule has 0 unspecified atom stereocenters. The molecule has 2 aromatic carbocycles. The molecule has 1 amide bonds. The Morgan fingerprint density at radius 2 is 1.79 bits per heavy atom. The molecule has 0 aliphatic rings. The van der Waals surface area contributed by atoms with Gasteiger partial charge in [0.05, 0.1) is 24.9 Å². The first-order chi connectivity index (χ1) is 13.9. The average Bonchev–Trinajstić information content (AvgIpc) is 3.06. The lowest BCUT2D eigenvalue weighted by atomic mass is 10.1. The van der Waals surface area contributed by atoms with E-state index >= 15 is 0 Å². The maximum absolute atomic E-state index is 14.5. The number of esters is 1. The van der Waals surface area contributed by atoms with E-state index in [-0.39, 0.29) is 13.2 Å². The minimum Gasteiger partial charge on any atom is -0.462 e. The monoisotopic (exact) mass is 403 g/mol. The molecule has 3 rings (SSSR count). The van der Waals surface area contributed by atoms with E-state index in [2.05, 4.69) is 9.84 Å². The van der Waals surface area contributed by atoms with Gasteiger partial charge in [0.1, 0.15) is 11.5 Å². The van der Waals surface area contributed by atoms with Crippen molar-refractivity contribution in [2.45, 2.75) is 13.5 Å². The predicted molar refractivity (Wildman–Crippen MR) is 98.0 cm³/mol. The van der Waals surface area contributed by atoms with E-state index in [0.717, 1.165) is 23.9 Å². The lowest BCUT2D eigenvalue weighted by Crippen LogP contribution is -2.18. The van der Waals surface area contributed by atoms with Crippen molar-refractivity contribution in [2.24, 2.45) is 0 Å². The molecule has 0 saturated carbocycles. The van der Waals surface area contributed by atoms with Crippen LogP contribution in [0, 0.1) is 17.5 Å². The van der Waals surface area contributed by atoms with Crippen LogP contribution in [0.25, 0.3) is 0 Å². The Balaban J connectivity index is 1.84. The largest absolute Gasteiger partial charge is 0.462 e. The van der Waals surface area contributed by atoms with Crippen molar-refractivity contribution < 1.29 is 27.5 Å². The van der Waals surface area contributed by atoms with Gasteiger partial charge >= 0.3 is 5.97 Å². The molecule has 0 spiro atoms. The van der Waals surface area contributed by atoms with Crippen LogP contribution in [0.2, 0.25) is 0 Å². The molecule has 1 aromatic heterocycles. The minimum atomic E-state index is -1.32. The number of carbonyl (C=O) groups excluding carboxylic acids is 2. The lowest BCUT2D eigenvalue weighted by Gasteiger charge is -2.10. The number of anilines is 1. The standard InChI is InChI=1S/C20H16F3N3O3/c1-2-29-20(28)13-8-9-14(21)17(16(13)23)24-19(27)18-15(22)11-26(25-18)10-12-6-4-3-5-7-12/h3-9,11H,2,10H2,1H3,(H,24,27). The van der Waals surface area contributed by atoms with Crippen LogP contribution in [-0.2, 0) is 11.3 Å². The highest BCUT2D eigenvalue weighted by atomic mass is 19.1. The van der Waals surface area contributed by atoms with E-state index in [9.17, 15) is 22.8 Å². The molecule has 9 heteroatoms. The zero-order chi connectivity index (χ0) is 21.0. The fourth-order valence-electron chi connectivity index (χ4n) is 2.61. The molecule has 0 aliphatic carbocycles. The van der Waals surface area contributed by atoms with Crippen LogP contribution < -0.4 is 5.32 Å². The van der Waals surface area contributed by atoms with Crippen LogP contribution in [0.3, 0.4) is 0 Å². The Bertz CT molecular complexity index is 1050. The molecule has 0 saturated heterocycles. The number of hydrogen-bond donors (Lipinski definition) is 1. The third kappa shape index (κ3) is 4.45. The zero-order valence-corrected chi connectivity index (χ0v) is 15.3. The Morgan fingerprint density at radius 3 is 2.48 bits per heavy atom. The highest BCUT2D eigenvalue weighted by molar-refractivity contribution is 6.04. The fraction of sp³-hybridized carbons (Fsp3) is 0.150. The van der Waals surface area contributed by atoms with E-state index in [0.29, 0.717) is 0 Å². The van der Waals surface area contributed by atoms with Crippen molar-refractivity contribution in [1.82, 2.24) is 9.78 Å². The van der Waals surface area contributed by atoms with Crippen molar-refractivity contribution in [3.63, 3.8) is 0 Å². The number of benzene rings is 2. The number of halogens is 3. The summed E-state index contributed by atoms with van der Waals surface area (Å²) in [5, 5.41) is 5.78. The highest BCUT2D eigenvalue weighted by Gasteiger charge is 2.24. The van der Waals surface area contributed by atoms with Crippen molar-refractivity contribution in [3.8, 4) is 0 Å². The van der Waals surface area contributed by atoms with Crippen LogP contribution in [-0.4, -0.2) is 28.3 Å². The number of aromatic nitrogens is 2. The molecule has 0 aliphatic heterocycles. The normalized spacial score (nSPS) is 10.6. The quantitative estimate of drug-likeness (QED) is 0.636. The van der Waals surface area contributed by atoms with Crippen LogP contribution in [0.5, 0.6) is 0 Å². The smallest absolute Gasteiger partial charge is 0.341 e. The molecule has 0 bridgehead atoms. The SMILES string of the molecule is CCOC(=O)c1ccc(F)c(NC(=O)c2nn(Cc3ccccc3)cc2F)c1F. The number of nitrogens with one attached hydrogen (secondary N) is 1. The maximum Gasteiger partial charge on any atom is 0.341 e. The molecular weight excluding hydrogens is 387 g/mol. The number of hydrogen-bond acceptors (Lipinski definition) is 4. The molecule has 0 fully saturated rings. The Hall–Kier alpha value is -3.62. The van der Waals surface area contributed by atoms with Gasteiger partial charge in [0.2, 0.25) is 0 Å². The Morgan fingerprint density at radius 1 is 1.07 bits per heavy atom. The summed E-state index contributed by atoms with van der Waals surface area (Å²) in [5.74, 6) is -5.58. The summed E-state index contributed by atoms with van der Waals surface area (Å²) in [4.78, 5) is 24.1. The van der Waals surface area contributed by atoms with Gasteiger partial charge in [0, 0.05) is 0 Å². The molecule has 0 radical (unpaired) electrons. The van der Waals surface area contributed by atoms with Crippen LogP contribution in [0.1, 0.15) is 33.3 Å². The number of rotatable bonds is 6. The van der Waals surface area contributed by atoms with Gasteiger partial charge in [0.15, 0.2) is 17.3 Å². The van der Waals surface area contributed by atoms with Gasteiger partial charge in [0.25, 0.3) is 5.91 Å². The summed E-state index contributed by atoms with van der Waals surface area (Å²) in [6.07, 6.45) is 1.00. The lowest BCUT2D eigenvalue weighted by molar-refractivity contribution is 0.0520. The van der Waals surface area contributed by atoms with Crippen LogP contribution >= 0.6 is 0 Å². The van der Waals surface area contributed by atoms with Gasteiger partial charge in [-0.05, 0) is 24.6 Å². The van der Waals surface area contributed by atoms with E-state index < -0.39 is 46.3 Å². The van der Waals surface area contributed by atoms with E-state index in [1.807, 2.05) is 11.4 Å². The second-order valence-corrected chi connectivity index (χ2v) is 5.97. The third-order valence-corrected chi connectivity index (χ3v) is 3.94. The maximum atomic E-state index is 14.5. The van der Waals surface area contributed by atoms with Gasteiger partial charge in [-0.1, -0.05) is 30.3 Å². The third-order valence-electron chi connectivity index (χ3n) is 3.94. The topological polar surface area (TPSA) is 73.2 Å². The summed E-state index contributed by atoms with van der Waals surface area (Å²) in [6, 6.07) is 10.7. The highest BCUT2D eigenvalue weighted by Crippen LogP contribution is 2.24. The van der Waals surface area contributed by atoms with Crippen molar-refractivity contribution >= 4 is 17.6 Å². The number of nitrogens with zero attached hydrogens (tertiary/aromatic N) is 2. The summed E-state index contributed by atoms with van der Waals surface area (Å²) >= 11 is 0. The molecule has 150 valence electrons. The number of amides is 1. The molecule has 0 atom stereocenters. The van der Waals surface area contributed by atoms with Gasteiger partial charge in [-0.15, -0.1) is 0 Å². The van der Waals surface area contributed by atoms with Crippen molar-refractivity contribution in [1.29, 1.82) is 0 Å². The Kier molecular flexibility index (Phi) is 5.96. The van der Waals surface area contributed by atoms with Gasteiger partial charge in [-0.3, -0.25) is 9.48 Å². The molecule has 3 aromatic rings. The summed E-state index contributed by atoms with van der Waals surface area (Å²) in [5.41, 5.74) is -1.27. The number of carbonyl (C=O) groups is 2. The van der Waals surface area contributed by atoms with Gasteiger partial charge in [-0.2, -0.15) is 5.10 Å². The second kappa shape index (κ2) is 8.59. The van der Waals surface area contributed by atoms with E-state index in [1.54, 1.807) is 24.3 Å². The first-order valence-corrected chi connectivity index (χ1v) is 8.64. The average molecular weight is 403 g/mol. The Labute approximate surface area is 163 Å². The molecule has 6 nitrogen and oxygen atoms in total. The minimum absolute atomic E-state index is 0.0125. The first kappa shape index (κ1) is 20.1. The number of ether oxygens (including phenoxy) is 1. The van der Waals surface area contributed by atoms with E-state index in [1.165, 1.54) is 11.6 Å². The second-order valence-electron chi connectivity index (χ2n) is 5.97. The summed E-state index contributed by atoms with van der Waals surface area (Å²) < 4.78 is 48.6. The van der Waals surface area contributed by atoms with E-state index in [4.69, 9.17) is 0 Å². The summed E-state index contributed by atoms with van der Waals surface area (Å²) in [6.45, 7) is 1.71. The van der Waals surface area contributed by atoms with Crippen LogP contribution in [0.4, 0.5) is 18.9 Å². The first-order valence-electron chi connectivity index (χ1n) is 8.64. The van der Waals surface area contributed by atoms with Gasteiger partial charge < -0.3 is 10.1 Å². The van der Waals surface area contributed by atoms with Crippen LogP contribution in [0.15, 0.2) is 48.7 Å². The summed E-state index contributed by atoms with van der Waals surface area (Å²) in [7, 11) is 0. The van der Waals surface area contributed by atoms with Crippen molar-refractivity contribution in [3.05, 3.63) is 82.9 Å².